The van der Waals surface area contributed by atoms with Crippen LogP contribution in [-0.4, -0.2) is 32.7 Å². The molecule has 0 spiro atoms. The monoisotopic (exact) mass is 409 g/mol. The Hall–Kier alpha value is -3.49. The number of methoxy groups -OCH3 is 2. The van der Waals surface area contributed by atoms with Crippen LogP contribution in [0.2, 0.25) is 0 Å². The van der Waals surface area contributed by atoms with Crippen LogP contribution in [0.3, 0.4) is 0 Å². The molecule has 154 valence electrons. The van der Waals surface area contributed by atoms with Crippen molar-refractivity contribution in [3.8, 4) is 11.5 Å². The van der Waals surface area contributed by atoms with E-state index < -0.39 is 30.2 Å². The van der Waals surface area contributed by atoms with E-state index >= 15 is 0 Å². The number of anilines is 1. The lowest BCUT2D eigenvalue weighted by molar-refractivity contribution is -0.142. The number of alkyl halides is 3. The highest BCUT2D eigenvalue weighted by Gasteiger charge is 2.30. The van der Waals surface area contributed by atoms with E-state index in [0.717, 1.165) is 24.3 Å². The van der Waals surface area contributed by atoms with Gasteiger partial charge in [0.2, 0.25) is 0 Å². The molecule has 0 aliphatic carbocycles. The van der Waals surface area contributed by atoms with E-state index in [1.807, 2.05) is 0 Å². The van der Waals surface area contributed by atoms with Gasteiger partial charge in [0.05, 0.1) is 19.8 Å². The highest BCUT2D eigenvalue weighted by Crippen LogP contribution is 2.30. The second-order valence-electron chi connectivity index (χ2n) is 5.68. The summed E-state index contributed by atoms with van der Waals surface area (Å²) in [4.78, 5) is 23.6. The summed E-state index contributed by atoms with van der Waals surface area (Å²) in [5, 5.41) is 2.24. The number of hydrogen-bond acceptors (Lipinski definition) is 5. The Balaban J connectivity index is 1.91. The first-order valence-electron chi connectivity index (χ1n) is 8.27. The molecule has 0 radical (unpaired) electrons. The van der Waals surface area contributed by atoms with Gasteiger partial charge in [-0.15, -0.1) is 0 Å². The summed E-state index contributed by atoms with van der Waals surface area (Å²) in [6, 6.07) is 9.11. The fraction of sp³-hybridized carbons (Fsp3) is 0.200. The number of carbonyl (C=O) groups is 2. The smallest absolute Gasteiger partial charge is 0.416 e. The van der Waals surface area contributed by atoms with E-state index in [0.29, 0.717) is 17.1 Å². The van der Waals surface area contributed by atoms with Crippen LogP contribution in [0.1, 0.15) is 11.1 Å². The number of rotatable bonds is 7. The van der Waals surface area contributed by atoms with Crippen molar-refractivity contribution in [3.63, 3.8) is 0 Å². The molecule has 0 saturated carbocycles. The van der Waals surface area contributed by atoms with Crippen molar-refractivity contribution in [2.24, 2.45) is 0 Å². The van der Waals surface area contributed by atoms with Gasteiger partial charge in [-0.2, -0.15) is 13.2 Å². The number of carbonyl (C=O) groups excluding carboxylic acids is 2. The Labute approximate surface area is 164 Å². The first-order chi connectivity index (χ1) is 13.7. The molecule has 0 aliphatic rings. The molecule has 0 aliphatic heterocycles. The molecular weight excluding hydrogens is 391 g/mol. The van der Waals surface area contributed by atoms with Crippen LogP contribution in [0, 0.1) is 0 Å². The van der Waals surface area contributed by atoms with Gasteiger partial charge in [0.15, 0.2) is 6.61 Å². The molecule has 0 heterocycles. The third-order valence-electron chi connectivity index (χ3n) is 3.66. The first-order valence-corrected chi connectivity index (χ1v) is 8.27. The zero-order chi connectivity index (χ0) is 21.4. The molecule has 29 heavy (non-hydrogen) atoms. The highest BCUT2D eigenvalue weighted by atomic mass is 19.4. The summed E-state index contributed by atoms with van der Waals surface area (Å²) < 4.78 is 53.1. The molecule has 0 fully saturated rings. The largest absolute Gasteiger partial charge is 0.497 e. The first kappa shape index (κ1) is 21.8. The maximum atomic E-state index is 12.7. The van der Waals surface area contributed by atoms with Gasteiger partial charge < -0.3 is 19.5 Å². The highest BCUT2D eigenvalue weighted by molar-refractivity contribution is 5.94. The SMILES string of the molecule is COc1ccc(/C=C/C(=O)OCC(=O)Nc2cccc(C(F)(F)F)c2)c(OC)c1. The zero-order valence-corrected chi connectivity index (χ0v) is 15.6. The van der Waals surface area contributed by atoms with E-state index in [1.54, 1.807) is 18.2 Å². The van der Waals surface area contributed by atoms with Crippen molar-refractivity contribution < 1.29 is 37.0 Å². The molecule has 0 aromatic heterocycles. The zero-order valence-electron chi connectivity index (χ0n) is 15.6. The molecule has 0 atom stereocenters. The molecule has 2 rings (SSSR count). The minimum absolute atomic E-state index is 0.0561. The van der Waals surface area contributed by atoms with Crippen LogP contribution in [0.5, 0.6) is 11.5 Å². The molecule has 0 bridgehead atoms. The van der Waals surface area contributed by atoms with Crippen molar-refractivity contribution in [1.82, 2.24) is 0 Å². The number of nitrogens with one attached hydrogen (secondary N) is 1. The third-order valence-corrected chi connectivity index (χ3v) is 3.66. The normalized spacial score (nSPS) is 11.2. The van der Waals surface area contributed by atoms with Crippen LogP contribution >= 0.6 is 0 Å². The fourth-order valence-corrected chi connectivity index (χ4v) is 2.27. The van der Waals surface area contributed by atoms with Gasteiger partial charge >= 0.3 is 12.1 Å². The van der Waals surface area contributed by atoms with Gasteiger partial charge in [-0.3, -0.25) is 4.79 Å². The third kappa shape index (κ3) is 6.56. The molecule has 2 aromatic rings. The Kier molecular flexibility index (Phi) is 7.24. The van der Waals surface area contributed by atoms with Crippen molar-refractivity contribution in [1.29, 1.82) is 0 Å². The Morgan fingerprint density at radius 3 is 2.48 bits per heavy atom. The van der Waals surface area contributed by atoms with Gasteiger partial charge in [-0.05, 0) is 36.4 Å². The summed E-state index contributed by atoms with van der Waals surface area (Å²) in [7, 11) is 2.97. The standard InChI is InChI=1S/C20H18F3NO5/c1-27-16-8-6-13(17(11-16)28-2)7-9-19(26)29-12-18(25)24-15-5-3-4-14(10-15)20(21,22)23/h3-11H,12H2,1-2H3,(H,24,25)/b9-7+. The fourth-order valence-electron chi connectivity index (χ4n) is 2.27. The minimum atomic E-state index is -4.53. The van der Waals surface area contributed by atoms with E-state index in [9.17, 15) is 22.8 Å². The molecule has 9 heteroatoms. The maximum absolute atomic E-state index is 12.7. The van der Waals surface area contributed by atoms with E-state index in [4.69, 9.17) is 14.2 Å². The maximum Gasteiger partial charge on any atom is 0.416 e. The molecule has 6 nitrogen and oxygen atoms in total. The summed E-state index contributed by atoms with van der Waals surface area (Å²) in [5.41, 5.74) is -0.373. The average molecular weight is 409 g/mol. The van der Waals surface area contributed by atoms with Crippen molar-refractivity contribution in [2.75, 3.05) is 26.1 Å². The van der Waals surface area contributed by atoms with E-state index in [-0.39, 0.29) is 5.69 Å². The van der Waals surface area contributed by atoms with Crippen molar-refractivity contribution >= 4 is 23.6 Å². The number of halogens is 3. The van der Waals surface area contributed by atoms with E-state index in [1.165, 1.54) is 26.4 Å². The number of hydrogen-bond donors (Lipinski definition) is 1. The van der Waals surface area contributed by atoms with Gasteiger partial charge in [-0.1, -0.05) is 6.07 Å². The number of ether oxygens (including phenoxy) is 3. The summed E-state index contributed by atoms with van der Waals surface area (Å²) in [5.74, 6) is -0.529. The minimum Gasteiger partial charge on any atom is -0.497 e. The summed E-state index contributed by atoms with van der Waals surface area (Å²) in [6.07, 6.45) is -1.99. The predicted octanol–water partition coefficient (Wildman–Crippen LogP) is 3.92. The van der Waals surface area contributed by atoms with Crippen LogP contribution in [0.25, 0.3) is 6.08 Å². The molecule has 0 unspecified atom stereocenters. The second kappa shape index (κ2) is 9.63. The van der Waals surface area contributed by atoms with Gasteiger partial charge in [0.1, 0.15) is 11.5 Å². The predicted molar refractivity (Wildman–Crippen MR) is 99.6 cm³/mol. The van der Waals surface area contributed by atoms with Crippen molar-refractivity contribution in [3.05, 3.63) is 59.7 Å². The summed E-state index contributed by atoms with van der Waals surface area (Å²) >= 11 is 0. The molecule has 0 saturated heterocycles. The lowest BCUT2D eigenvalue weighted by Gasteiger charge is -2.10. The molecular formula is C20H18F3NO5. The van der Waals surface area contributed by atoms with Crippen LogP contribution in [0.4, 0.5) is 18.9 Å². The number of benzene rings is 2. The van der Waals surface area contributed by atoms with Crippen molar-refractivity contribution in [2.45, 2.75) is 6.18 Å². The van der Waals surface area contributed by atoms with Crippen LogP contribution in [0.15, 0.2) is 48.5 Å². The lowest BCUT2D eigenvalue weighted by atomic mass is 10.2. The Morgan fingerprint density at radius 1 is 1.07 bits per heavy atom. The molecule has 2 aromatic carbocycles. The van der Waals surface area contributed by atoms with Crippen LogP contribution < -0.4 is 14.8 Å². The second-order valence-corrected chi connectivity index (χ2v) is 5.68. The molecule has 1 N–H and O–H groups in total. The van der Waals surface area contributed by atoms with Gasteiger partial charge in [0.25, 0.3) is 5.91 Å². The van der Waals surface area contributed by atoms with Crippen LogP contribution in [-0.2, 0) is 20.5 Å². The number of amides is 1. The quantitative estimate of drug-likeness (QED) is 0.554. The topological polar surface area (TPSA) is 73.9 Å². The number of esters is 1. The summed E-state index contributed by atoms with van der Waals surface area (Å²) in [6.45, 7) is -0.654. The molecule has 1 amide bonds. The Morgan fingerprint density at radius 2 is 1.83 bits per heavy atom. The van der Waals surface area contributed by atoms with Gasteiger partial charge in [-0.25, -0.2) is 4.79 Å². The van der Waals surface area contributed by atoms with E-state index in [2.05, 4.69) is 5.32 Å². The Bertz CT molecular complexity index is 909. The van der Waals surface area contributed by atoms with Gasteiger partial charge in [0, 0.05) is 23.4 Å². The lowest BCUT2D eigenvalue weighted by Crippen LogP contribution is -2.20. The average Bonchev–Trinajstić information content (AvgIpc) is 2.70.